The Morgan fingerprint density at radius 3 is 2.41 bits per heavy atom. The molecule has 46 heavy (non-hydrogen) atoms. The molecule has 3 aromatic rings. The molecule has 3 aliphatic heterocycles. The van der Waals surface area contributed by atoms with Crippen LogP contribution >= 0.6 is 35.0 Å². The van der Waals surface area contributed by atoms with Crippen LogP contribution in [0.5, 0.6) is 0 Å². The van der Waals surface area contributed by atoms with E-state index in [9.17, 15) is 14.4 Å². The minimum Gasteiger partial charge on any atom is -0.361 e. The number of carbonyl (C=O) groups is 3. The quantitative estimate of drug-likeness (QED) is 0.308. The van der Waals surface area contributed by atoms with Gasteiger partial charge in [-0.15, -0.1) is 0 Å². The fourth-order valence-corrected chi connectivity index (χ4v) is 7.61. The largest absolute Gasteiger partial charge is 0.361 e. The predicted molar refractivity (Wildman–Crippen MR) is 182 cm³/mol. The molecule has 0 atom stereocenters. The average Bonchev–Trinajstić information content (AvgIpc) is 3.74. The summed E-state index contributed by atoms with van der Waals surface area (Å²) in [4.78, 5) is 43.1. The van der Waals surface area contributed by atoms with E-state index in [4.69, 9.17) is 34.0 Å². The van der Waals surface area contributed by atoms with Gasteiger partial charge in [-0.25, -0.2) is 0 Å². The Bertz CT molecular complexity index is 1720. The molecule has 3 aliphatic rings. The number of hydrogen-bond acceptors (Lipinski definition) is 6. The minimum absolute atomic E-state index is 0.0784. The third-order valence-corrected chi connectivity index (χ3v) is 10.4. The molecule has 0 aliphatic carbocycles. The number of nitrogens with zero attached hydrogens (tertiary/aromatic N) is 5. The van der Waals surface area contributed by atoms with Gasteiger partial charge in [0, 0.05) is 85.1 Å². The molecule has 0 unspecified atom stereocenters. The van der Waals surface area contributed by atoms with E-state index in [0.717, 1.165) is 81.0 Å². The van der Waals surface area contributed by atoms with Crippen molar-refractivity contribution in [2.45, 2.75) is 38.8 Å². The Morgan fingerprint density at radius 2 is 1.65 bits per heavy atom. The summed E-state index contributed by atoms with van der Waals surface area (Å²) in [6.07, 6.45) is 3.53. The molecule has 0 saturated carbocycles. The Labute approximate surface area is 283 Å². The number of thioether (sulfide) groups is 1. The Kier molecular flexibility index (Phi) is 10.2. The van der Waals surface area contributed by atoms with Gasteiger partial charge in [-0.05, 0) is 56.1 Å². The number of aromatic nitrogens is 2. The number of primary amides is 1. The number of carbonyl (C=O) groups excluding carboxylic acids is 3. The standard InChI is InChI=1S/C34H36Cl2N6O3S/c35-28-9-7-25(21-24(28)6-4-23-5-8-29(36)26(20-23)33(44)40-12-1-2-13-40)31-27-22-41(34(45)32(37)43)15-10-30(27)42(38-31)14-3-11-39-16-18-46-19-17-39/h5,7-9,20-21H,1-3,10-19,22H2,(H2,37,43). The van der Waals surface area contributed by atoms with E-state index >= 15 is 0 Å². The second-order valence-electron chi connectivity index (χ2n) is 11.8. The summed E-state index contributed by atoms with van der Waals surface area (Å²) in [7, 11) is 0. The molecule has 9 nitrogen and oxygen atoms in total. The molecule has 240 valence electrons. The SMILES string of the molecule is NC(=O)C(=O)N1CCc2c(c(-c3ccc(Cl)c(C#Cc4ccc(Cl)c(C(=O)N5CCCC5)c4)c3)nn2CCCN2CCSCC2)C1. The second kappa shape index (κ2) is 14.5. The van der Waals surface area contributed by atoms with Crippen molar-refractivity contribution >= 4 is 52.7 Å². The van der Waals surface area contributed by atoms with Crippen LogP contribution in [0, 0.1) is 11.8 Å². The van der Waals surface area contributed by atoms with E-state index in [1.165, 1.54) is 16.4 Å². The van der Waals surface area contributed by atoms with Crippen molar-refractivity contribution in [2.75, 3.05) is 50.8 Å². The van der Waals surface area contributed by atoms with Crippen molar-refractivity contribution in [3.8, 4) is 23.1 Å². The molecule has 3 amide bonds. The summed E-state index contributed by atoms with van der Waals surface area (Å²) in [5.41, 5.74) is 10.6. The van der Waals surface area contributed by atoms with E-state index in [0.29, 0.717) is 39.7 Å². The molecule has 0 bridgehead atoms. The molecule has 4 heterocycles. The fourth-order valence-electron chi connectivity index (χ4n) is 6.27. The maximum absolute atomic E-state index is 13.0. The van der Waals surface area contributed by atoms with Crippen LogP contribution in [0.4, 0.5) is 0 Å². The highest BCUT2D eigenvalue weighted by atomic mass is 35.5. The first kappa shape index (κ1) is 32.5. The number of amides is 3. The molecule has 12 heteroatoms. The molecule has 2 saturated heterocycles. The zero-order valence-corrected chi connectivity index (χ0v) is 27.9. The summed E-state index contributed by atoms with van der Waals surface area (Å²) in [5, 5.41) is 5.93. The van der Waals surface area contributed by atoms with Gasteiger partial charge in [0.1, 0.15) is 0 Å². The van der Waals surface area contributed by atoms with Crippen LogP contribution in [-0.2, 0) is 29.1 Å². The highest BCUT2D eigenvalue weighted by Crippen LogP contribution is 2.32. The zero-order valence-electron chi connectivity index (χ0n) is 25.6. The number of aryl methyl sites for hydroxylation is 1. The first-order chi connectivity index (χ1) is 22.3. The summed E-state index contributed by atoms with van der Waals surface area (Å²) >= 11 is 15.0. The van der Waals surface area contributed by atoms with Crippen LogP contribution in [0.2, 0.25) is 10.0 Å². The molecular weight excluding hydrogens is 643 g/mol. The Morgan fingerprint density at radius 1 is 0.891 bits per heavy atom. The number of benzene rings is 2. The van der Waals surface area contributed by atoms with Gasteiger partial charge >= 0.3 is 11.8 Å². The smallest absolute Gasteiger partial charge is 0.311 e. The monoisotopic (exact) mass is 678 g/mol. The van der Waals surface area contributed by atoms with Crippen LogP contribution < -0.4 is 5.73 Å². The van der Waals surface area contributed by atoms with Crippen LogP contribution in [0.1, 0.15) is 52.0 Å². The molecule has 1 aromatic heterocycles. The molecule has 0 radical (unpaired) electrons. The average molecular weight is 680 g/mol. The highest BCUT2D eigenvalue weighted by molar-refractivity contribution is 7.99. The summed E-state index contributed by atoms with van der Waals surface area (Å²) in [5.74, 6) is 6.93. The lowest BCUT2D eigenvalue weighted by atomic mass is 9.99. The summed E-state index contributed by atoms with van der Waals surface area (Å²) in [6, 6.07) is 10.8. The van der Waals surface area contributed by atoms with Crippen LogP contribution in [0.15, 0.2) is 36.4 Å². The Balaban J connectivity index is 1.28. The molecular formula is C34H36Cl2N6O3S. The minimum atomic E-state index is -0.964. The van der Waals surface area contributed by atoms with Crippen molar-refractivity contribution in [1.82, 2.24) is 24.5 Å². The van der Waals surface area contributed by atoms with E-state index in [1.807, 2.05) is 28.8 Å². The normalized spacial score (nSPS) is 16.6. The number of fused-ring (bicyclic) bond motifs is 1. The number of halogens is 2. The number of rotatable bonds is 6. The van der Waals surface area contributed by atoms with Crippen LogP contribution in [0.25, 0.3) is 11.3 Å². The van der Waals surface area contributed by atoms with Gasteiger partial charge in [-0.2, -0.15) is 16.9 Å². The predicted octanol–water partition coefficient (Wildman–Crippen LogP) is 4.30. The number of nitrogens with two attached hydrogens (primary N) is 1. The van der Waals surface area contributed by atoms with Crippen LogP contribution in [0.3, 0.4) is 0 Å². The van der Waals surface area contributed by atoms with E-state index in [2.05, 4.69) is 21.4 Å². The van der Waals surface area contributed by atoms with E-state index in [-0.39, 0.29) is 12.5 Å². The molecule has 0 spiro atoms. The lowest BCUT2D eigenvalue weighted by molar-refractivity contribution is -0.144. The Hall–Kier alpha value is -3.49. The lowest BCUT2D eigenvalue weighted by Crippen LogP contribution is -2.43. The van der Waals surface area contributed by atoms with Crippen molar-refractivity contribution in [3.05, 3.63) is 74.4 Å². The number of likely N-dealkylation sites (tertiary alicyclic amines) is 1. The van der Waals surface area contributed by atoms with Gasteiger partial charge in [0.15, 0.2) is 0 Å². The first-order valence-corrected chi connectivity index (χ1v) is 17.6. The van der Waals surface area contributed by atoms with Gasteiger partial charge in [0.2, 0.25) is 0 Å². The third kappa shape index (κ3) is 7.23. The molecule has 2 fully saturated rings. The summed E-state index contributed by atoms with van der Waals surface area (Å²) < 4.78 is 2.06. The highest BCUT2D eigenvalue weighted by Gasteiger charge is 2.30. The maximum Gasteiger partial charge on any atom is 0.311 e. The summed E-state index contributed by atoms with van der Waals surface area (Å²) in [6.45, 7) is 6.11. The third-order valence-electron chi connectivity index (χ3n) is 8.75. The van der Waals surface area contributed by atoms with Crippen molar-refractivity contribution in [3.63, 3.8) is 0 Å². The number of hydrogen-bond donors (Lipinski definition) is 1. The van der Waals surface area contributed by atoms with Gasteiger partial charge in [0.25, 0.3) is 5.91 Å². The molecule has 2 aromatic carbocycles. The maximum atomic E-state index is 13.0. The lowest BCUT2D eigenvalue weighted by Gasteiger charge is -2.27. The fraction of sp³-hybridized carbons (Fsp3) is 0.412. The van der Waals surface area contributed by atoms with Crippen LogP contribution in [-0.4, -0.2) is 93.0 Å². The van der Waals surface area contributed by atoms with Crippen molar-refractivity contribution < 1.29 is 14.4 Å². The first-order valence-electron chi connectivity index (χ1n) is 15.7. The van der Waals surface area contributed by atoms with E-state index in [1.54, 1.807) is 24.3 Å². The van der Waals surface area contributed by atoms with Gasteiger partial charge in [-0.1, -0.05) is 41.1 Å². The molecule has 2 N–H and O–H groups in total. The van der Waals surface area contributed by atoms with Crippen molar-refractivity contribution in [1.29, 1.82) is 0 Å². The topological polar surface area (TPSA) is 105 Å². The second-order valence-corrected chi connectivity index (χ2v) is 13.8. The van der Waals surface area contributed by atoms with Gasteiger partial charge in [-0.3, -0.25) is 19.1 Å². The zero-order chi connectivity index (χ0) is 32.2. The van der Waals surface area contributed by atoms with Gasteiger partial charge in [0.05, 0.1) is 27.8 Å². The van der Waals surface area contributed by atoms with E-state index < -0.39 is 11.8 Å². The van der Waals surface area contributed by atoms with Crippen molar-refractivity contribution in [2.24, 2.45) is 5.73 Å². The van der Waals surface area contributed by atoms with Gasteiger partial charge < -0.3 is 20.4 Å². The molecule has 6 rings (SSSR count).